The number of ether oxygens (including phenoxy) is 1. The summed E-state index contributed by atoms with van der Waals surface area (Å²) in [5.74, 6) is 0.280. The Morgan fingerprint density at radius 1 is 1.30 bits per heavy atom. The third-order valence-corrected chi connectivity index (χ3v) is 4.06. The lowest BCUT2D eigenvalue weighted by Crippen LogP contribution is -2.42. The minimum Gasteiger partial charge on any atom is -0.377 e. The molecule has 0 aromatic carbocycles. The van der Waals surface area contributed by atoms with E-state index in [4.69, 9.17) is 4.74 Å². The maximum atomic E-state index is 12.3. The molecule has 2 aliphatic rings. The number of likely N-dealkylation sites (tertiary alicyclic amines) is 1. The van der Waals surface area contributed by atoms with Gasteiger partial charge in [0.2, 0.25) is 5.91 Å². The van der Waals surface area contributed by atoms with Gasteiger partial charge in [0.15, 0.2) is 0 Å². The molecule has 4 heteroatoms. The van der Waals surface area contributed by atoms with Crippen LogP contribution in [0.4, 0.5) is 0 Å². The Hall–Kier alpha value is -0.870. The van der Waals surface area contributed by atoms with Gasteiger partial charge in [-0.3, -0.25) is 9.69 Å². The van der Waals surface area contributed by atoms with Gasteiger partial charge in [-0.15, -0.1) is 0 Å². The molecule has 2 heterocycles. The van der Waals surface area contributed by atoms with Crippen LogP contribution >= 0.6 is 0 Å². The van der Waals surface area contributed by atoms with Gasteiger partial charge in [-0.2, -0.15) is 0 Å². The first kappa shape index (κ1) is 15.5. The van der Waals surface area contributed by atoms with E-state index in [-0.39, 0.29) is 5.91 Å². The normalized spacial score (nSPS) is 22.6. The largest absolute Gasteiger partial charge is 0.377 e. The van der Waals surface area contributed by atoms with Crippen LogP contribution < -0.4 is 0 Å². The number of allylic oxidation sites excluding steroid dienone is 1. The minimum absolute atomic E-state index is 0.280. The SMILES string of the molecule is CC(C)=CCN(CC(=O)N1CCCC1)C[C@H]1CCCO1. The van der Waals surface area contributed by atoms with Crippen LogP contribution in [-0.2, 0) is 9.53 Å². The molecular weight excluding hydrogens is 252 g/mol. The summed E-state index contributed by atoms with van der Waals surface area (Å²) in [5.41, 5.74) is 1.30. The molecule has 2 saturated heterocycles. The van der Waals surface area contributed by atoms with Gasteiger partial charge in [0, 0.05) is 32.8 Å². The first-order chi connectivity index (χ1) is 9.65. The Kier molecular flexibility index (Phi) is 6.05. The molecule has 20 heavy (non-hydrogen) atoms. The zero-order valence-corrected chi connectivity index (χ0v) is 12.9. The molecule has 2 rings (SSSR count). The van der Waals surface area contributed by atoms with Crippen molar-refractivity contribution in [3.8, 4) is 0 Å². The number of nitrogens with zero attached hydrogens (tertiary/aromatic N) is 2. The maximum absolute atomic E-state index is 12.3. The molecule has 0 aliphatic carbocycles. The highest BCUT2D eigenvalue weighted by Gasteiger charge is 2.23. The van der Waals surface area contributed by atoms with E-state index in [0.29, 0.717) is 12.6 Å². The molecule has 1 amide bonds. The molecule has 0 radical (unpaired) electrons. The molecule has 0 aromatic rings. The summed E-state index contributed by atoms with van der Waals surface area (Å²) in [6.07, 6.45) is 7.11. The number of amides is 1. The first-order valence-corrected chi connectivity index (χ1v) is 7.90. The Morgan fingerprint density at radius 2 is 2.05 bits per heavy atom. The molecule has 0 bridgehead atoms. The van der Waals surface area contributed by atoms with Crippen LogP contribution in [0.15, 0.2) is 11.6 Å². The van der Waals surface area contributed by atoms with Crippen LogP contribution in [0, 0.1) is 0 Å². The minimum atomic E-state index is 0.280. The average molecular weight is 280 g/mol. The van der Waals surface area contributed by atoms with Crippen molar-refractivity contribution in [2.24, 2.45) is 0 Å². The number of carbonyl (C=O) groups is 1. The van der Waals surface area contributed by atoms with Gasteiger partial charge in [0.25, 0.3) is 0 Å². The molecule has 0 unspecified atom stereocenters. The lowest BCUT2D eigenvalue weighted by atomic mass is 10.2. The second-order valence-electron chi connectivity index (χ2n) is 6.20. The van der Waals surface area contributed by atoms with Crippen molar-refractivity contribution in [3.63, 3.8) is 0 Å². The third kappa shape index (κ3) is 4.91. The van der Waals surface area contributed by atoms with Crippen molar-refractivity contribution >= 4 is 5.91 Å². The zero-order chi connectivity index (χ0) is 14.4. The predicted octanol–water partition coefficient (Wildman–Crippen LogP) is 2.06. The summed E-state index contributed by atoms with van der Waals surface area (Å²) in [7, 11) is 0. The van der Waals surface area contributed by atoms with E-state index in [2.05, 4.69) is 24.8 Å². The van der Waals surface area contributed by atoms with Crippen molar-refractivity contribution in [1.82, 2.24) is 9.80 Å². The molecule has 0 N–H and O–H groups in total. The summed E-state index contributed by atoms with van der Waals surface area (Å²) >= 11 is 0. The van der Waals surface area contributed by atoms with Gasteiger partial charge in [-0.05, 0) is 39.5 Å². The van der Waals surface area contributed by atoms with Crippen LogP contribution in [0.5, 0.6) is 0 Å². The Balaban J connectivity index is 1.86. The summed E-state index contributed by atoms with van der Waals surface area (Å²) in [5, 5.41) is 0. The van der Waals surface area contributed by atoms with E-state index >= 15 is 0 Å². The number of carbonyl (C=O) groups excluding carboxylic acids is 1. The van der Waals surface area contributed by atoms with E-state index in [1.165, 1.54) is 5.57 Å². The van der Waals surface area contributed by atoms with Gasteiger partial charge < -0.3 is 9.64 Å². The number of hydrogen-bond acceptors (Lipinski definition) is 3. The standard InChI is InChI=1S/C16H28N2O2/c1-14(2)7-10-17(12-15-6-5-11-20-15)13-16(19)18-8-3-4-9-18/h7,15H,3-6,8-13H2,1-2H3/t15-/m1/s1. The van der Waals surface area contributed by atoms with Gasteiger partial charge in [-0.1, -0.05) is 11.6 Å². The summed E-state index contributed by atoms with van der Waals surface area (Å²) in [4.78, 5) is 16.5. The highest BCUT2D eigenvalue weighted by molar-refractivity contribution is 5.78. The van der Waals surface area contributed by atoms with Crippen LogP contribution in [0.2, 0.25) is 0 Å². The van der Waals surface area contributed by atoms with Gasteiger partial charge in [-0.25, -0.2) is 0 Å². The molecule has 0 saturated carbocycles. The predicted molar refractivity (Wildman–Crippen MR) is 80.7 cm³/mol. The molecular formula is C16H28N2O2. The topological polar surface area (TPSA) is 32.8 Å². The summed E-state index contributed by atoms with van der Waals surface area (Å²) < 4.78 is 5.71. The van der Waals surface area contributed by atoms with Crippen molar-refractivity contribution in [3.05, 3.63) is 11.6 Å². The fourth-order valence-electron chi connectivity index (χ4n) is 2.85. The lowest BCUT2D eigenvalue weighted by molar-refractivity contribution is -0.131. The molecule has 1 atom stereocenters. The van der Waals surface area contributed by atoms with Gasteiger partial charge in [0.1, 0.15) is 0 Å². The highest BCUT2D eigenvalue weighted by atomic mass is 16.5. The molecule has 114 valence electrons. The smallest absolute Gasteiger partial charge is 0.236 e. The van der Waals surface area contributed by atoms with Crippen LogP contribution in [0.25, 0.3) is 0 Å². The first-order valence-electron chi connectivity index (χ1n) is 7.90. The Bertz CT molecular complexity index is 338. The van der Waals surface area contributed by atoms with Crippen LogP contribution in [0.3, 0.4) is 0 Å². The third-order valence-electron chi connectivity index (χ3n) is 4.06. The number of hydrogen-bond donors (Lipinski definition) is 0. The average Bonchev–Trinajstić information content (AvgIpc) is 3.08. The van der Waals surface area contributed by atoms with Crippen molar-refractivity contribution in [2.45, 2.75) is 45.6 Å². The Labute approximate surface area is 122 Å². The van der Waals surface area contributed by atoms with Gasteiger partial charge >= 0.3 is 0 Å². The molecule has 2 aliphatic heterocycles. The fourth-order valence-corrected chi connectivity index (χ4v) is 2.85. The molecule has 0 spiro atoms. The number of rotatable bonds is 6. The summed E-state index contributed by atoms with van der Waals surface area (Å²) in [6, 6.07) is 0. The van der Waals surface area contributed by atoms with E-state index in [1.807, 2.05) is 4.90 Å². The zero-order valence-electron chi connectivity index (χ0n) is 12.9. The maximum Gasteiger partial charge on any atom is 0.236 e. The van der Waals surface area contributed by atoms with E-state index in [9.17, 15) is 4.79 Å². The summed E-state index contributed by atoms with van der Waals surface area (Å²) in [6.45, 7) is 9.22. The quantitative estimate of drug-likeness (QED) is 0.698. The molecule has 0 aromatic heterocycles. The van der Waals surface area contributed by atoms with Crippen molar-refractivity contribution < 1.29 is 9.53 Å². The van der Waals surface area contributed by atoms with Crippen LogP contribution in [0.1, 0.15) is 39.5 Å². The van der Waals surface area contributed by atoms with Crippen molar-refractivity contribution in [2.75, 3.05) is 39.3 Å². The monoisotopic (exact) mass is 280 g/mol. The van der Waals surface area contributed by atoms with Gasteiger partial charge in [0.05, 0.1) is 12.6 Å². The fraction of sp³-hybridized carbons (Fsp3) is 0.812. The van der Waals surface area contributed by atoms with E-state index < -0.39 is 0 Å². The van der Waals surface area contributed by atoms with E-state index in [1.54, 1.807) is 0 Å². The lowest BCUT2D eigenvalue weighted by Gasteiger charge is -2.26. The Morgan fingerprint density at radius 3 is 2.65 bits per heavy atom. The highest BCUT2D eigenvalue weighted by Crippen LogP contribution is 2.14. The second-order valence-corrected chi connectivity index (χ2v) is 6.20. The van der Waals surface area contributed by atoms with E-state index in [0.717, 1.165) is 58.5 Å². The molecule has 4 nitrogen and oxygen atoms in total. The van der Waals surface area contributed by atoms with Crippen molar-refractivity contribution in [1.29, 1.82) is 0 Å². The van der Waals surface area contributed by atoms with Crippen LogP contribution in [-0.4, -0.2) is 61.1 Å². The molecule has 2 fully saturated rings. The second kappa shape index (κ2) is 7.79.